The summed E-state index contributed by atoms with van der Waals surface area (Å²) in [4.78, 5) is 23.9. The lowest BCUT2D eigenvalue weighted by molar-refractivity contribution is -0.268. The lowest BCUT2D eigenvalue weighted by atomic mass is 9.91. The van der Waals surface area contributed by atoms with Gasteiger partial charge in [-0.2, -0.15) is 4.31 Å². The number of anilines is 1. The van der Waals surface area contributed by atoms with Crippen LogP contribution in [0.25, 0.3) is 0 Å². The summed E-state index contributed by atoms with van der Waals surface area (Å²) >= 11 is 0. The average Bonchev–Trinajstić information content (AvgIpc) is 3.01. The maximum Gasteiger partial charge on any atom is 0.335 e. The Bertz CT molecular complexity index is 1670. The summed E-state index contributed by atoms with van der Waals surface area (Å²) in [6, 6.07) is 8.21. The smallest absolute Gasteiger partial charge is 0.335 e. The molecule has 236 valence electrons. The number of likely N-dealkylation sites (N-methyl/N-ethyl adjacent to an activating group) is 1. The van der Waals surface area contributed by atoms with Gasteiger partial charge in [-0.25, -0.2) is 35.2 Å². The van der Waals surface area contributed by atoms with Crippen molar-refractivity contribution in [1.82, 2.24) is 4.31 Å². The number of hydrogen-bond acceptors (Lipinski definition) is 6. The van der Waals surface area contributed by atoms with Gasteiger partial charge in [0.1, 0.15) is 6.04 Å². The van der Waals surface area contributed by atoms with Crippen molar-refractivity contribution >= 4 is 27.6 Å². The number of ether oxygens (including phenoxy) is 1. The SMILES string of the molecule is C[C@H](C(=O)N(Cc1ccc(C2CCOCC2)cc1)c1ccc(C(=O)O)c([O-])c1)N(C)S(=O)(=O)c1c(F)c(F)c(F)c(F)c1F. The van der Waals surface area contributed by atoms with Gasteiger partial charge < -0.3 is 19.8 Å². The molecule has 0 unspecified atom stereocenters. The summed E-state index contributed by atoms with van der Waals surface area (Å²) in [7, 11) is -4.79. The molecule has 0 bridgehead atoms. The number of rotatable bonds is 9. The largest absolute Gasteiger partial charge is 0.872 e. The Morgan fingerprint density at radius 3 is 2.02 bits per heavy atom. The van der Waals surface area contributed by atoms with Gasteiger partial charge in [0.2, 0.25) is 21.7 Å². The molecular formula is C29H26F5N2O7S-. The molecule has 4 rings (SSSR count). The van der Waals surface area contributed by atoms with Crippen LogP contribution in [-0.4, -0.2) is 56.0 Å². The van der Waals surface area contributed by atoms with Crippen molar-refractivity contribution in [3.8, 4) is 5.75 Å². The van der Waals surface area contributed by atoms with Crippen LogP contribution in [0.3, 0.4) is 0 Å². The number of nitrogens with zero attached hydrogens (tertiary/aromatic N) is 2. The Hall–Kier alpha value is -4.08. The zero-order chi connectivity index (χ0) is 32.5. The number of hydrogen-bond donors (Lipinski definition) is 1. The Labute approximate surface area is 249 Å². The first-order valence-electron chi connectivity index (χ1n) is 13.2. The van der Waals surface area contributed by atoms with Crippen LogP contribution in [0, 0.1) is 29.1 Å². The molecule has 1 amide bonds. The van der Waals surface area contributed by atoms with Crippen molar-refractivity contribution in [1.29, 1.82) is 0 Å². The monoisotopic (exact) mass is 641 g/mol. The van der Waals surface area contributed by atoms with Crippen LogP contribution >= 0.6 is 0 Å². The molecule has 1 aliphatic heterocycles. The van der Waals surface area contributed by atoms with E-state index >= 15 is 0 Å². The number of halogens is 5. The second-order valence-corrected chi connectivity index (χ2v) is 12.1. The molecule has 1 N–H and O–H groups in total. The number of carboxylic acids is 1. The minimum Gasteiger partial charge on any atom is -0.872 e. The molecule has 44 heavy (non-hydrogen) atoms. The van der Waals surface area contributed by atoms with Gasteiger partial charge in [-0.05, 0) is 55.0 Å². The van der Waals surface area contributed by atoms with Crippen LogP contribution in [0.5, 0.6) is 5.75 Å². The first-order chi connectivity index (χ1) is 20.7. The molecular weight excluding hydrogens is 615 g/mol. The molecule has 1 heterocycles. The lowest BCUT2D eigenvalue weighted by Gasteiger charge is -2.31. The Kier molecular flexibility index (Phi) is 9.61. The maximum absolute atomic E-state index is 14.4. The average molecular weight is 642 g/mol. The summed E-state index contributed by atoms with van der Waals surface area (Å²) in [6.07, 6.45) is 1.63. The Morgan fingerprint density at radius 1 is 0.955 bits per heavy atom. The van der Waals surface area contributed by atoms with Gasteiger partial charge in [0, 0.05) is 25.9 Å². The van der Waals surface area contributed by atoms with E-state index in [1.807, 2.05) is 12.1 Å². The van der Waals surface area contributed by atoms with Crippen molar-refractivity contribution in [3.63, 3.8) is 0 Å². The van der Waals surface area contributed by atoms with Crippen LogP contribution in [0.1, 0.15) is 47.2 Å². The minimum atomic E-state index is -5.50. The predicted octanol–water partition coefficient (Wildman–Crippen LogP) is 4.29. The second-order valence-electron chi connectivity index (χ2n) is 10.1. The zero-order valence-corrected chi connectivity index (χ0v) is 24.1. The van der Waals surface area contributed by atoms with Crippen molar-refractivity contribution in [2.24, 2.45) is 0 Å². The molecule has 0 aliphatic carbocycles. The molecule has 3 aromatic carbocycles. The zero-order valence-electron chi connectivity index (χ0n) is 23.3. The quantitative estimate of drug-likeness (QED) is 0.210. The molecule has 1 atom stereocenters. The molecule has 0 aromatic heterocycles. The molecule has 0 saturated carbocycles. The van der Waals surface area contributed by atoms with E-state index in [4.69, 9.17) is 4.74 Å². The van der Waals surface area contributed by atoms with Gasteiger partial charge in [0.25, 0.3) is 0 Å². The summed E-state index contributed by atoms with van der Waals surface area (Å²) in [5, 5.41) is 21.7. The first-order valence-corrected chi connectivity index (χ1v) is 14.6. The molecule has 1 aliphatic rings. The van der Waals surface area contributed by atoms with Gasteiger partial charge in [-0.3, -0.25) is 4.79 Å². The van der Waals surface area contributed by atoms with Crippen molar-refractivity contribution in [3.05, 3.63) is 88.2 Å². The number of amides is 1. The number of benzene rings is 3. The normalized spacial score (nSPS) is 14.9. The number of carbonyl (C=O) groups excluding carboxylic acids is 1. The predicted molar refractivity (Wildman–Crippen MR) is 144 cm³/mol. The van der Waals surface area contributed by atoms with E-state index in [0.717, 1.165) is 48.4 Å². The molecule has 0 spiro atoms. The van der Waals surface area contributed by atoms with Gasteiger partial charge in [-0.15, -0.1) is 0 Å². The van der Waals surface area contributed by atoms with E-state index in [0.29, 0.717) is 25.8 Å². The number of sulfonamides is 1. The molecule has 9 nitrogen and oxygen atoms in total. The van der Waals surface area contributed by atoms with Crippen LogP contribution < -0.4 is 10.0 Å². The van der Waals surface area contributed by atoms with Gasteiger partial charge in [0.05, 0.1) is 12.1 Å². The van der Waals surface area contributed by atoms with Crippen molar-refractivity contribution in [2.45, 2.75) is 43.2 Å². The summed E-state index contributed by atoms with van der Waals surface area (Å²) in [5.41, 5.74) is 0.805. The first kappa shape index (κ1) is 32.8. The van der Waals surface area contributed by atoms with Crippen LogP contribution in [0.15, 0.2) is 47.4 Å². The molecule has 1 saturated heterocycles. The number of aromatic carboxylic acids is 1. The van der Waals surface area contributed by atoms with Crippen molar-refractivity contribution in [2.75, 3.05) is 25.2 Å². The van der Waals surface area contributed by atoms with E-state index in [9.17, 15) is 50.2 Å². The number of carboxylic acid groups (broad SMARTS) is 1. The standard InChI is InChI=1S/C29H27F5N2O7S/c1-15(35(2)44(41,42)27-25(33)23(31)22(30)24(32)26(27)34)28(38)36(19-7-8-20(29(39)40)21(37)13-19)14-16-3-5-17(6-4-16)18-9-11-43-12-10-18/h3-8,13,15,18,37H,9-12,14H2,1-2H3,(H,39,40)/p-1/t15-/m1/s1. The number of carbonyl (C=O) groups is 2. The summed E-state index contributed by atoms with van der Waals surface area (Å²) in [5.74, 6) is -16.0. The summed E-state index contributed by atoms with van der Waals surface area (Å²) < 4.78 is 102. The van der Waals surface area contributed by atoms with Gasteiger partial charge in [0.15, 0.2) is 28.2 Å². The van der Waals surface area contributed by atoms with E-state index in [2.05, 4.69) is 0 Å². The molecule has 0 radical (unpaired) electrons. The molecule has 1 fully saturated rings. The Morgan fingerprint density at radius 2 is 1.50 bits per heavy atom. The lowest BCUT2D eigenvalue weighted by Crippen LogP contribution is -2.48. The van der Waals surface area contributed by atoms with Gasteiger partial charge in [-0.1, -0.05) is 30.0 Å². The fourth-order valence-electron chi connectivity index (χ4n) is 4.81. The van der Waals surface area contributed by atoms with E-state index < -0.39 is 73.2 Å². The maximum atomic E-state index is 14.4. The van der Waals surface area contributed by atoms with Gasteiger partial charge >= 0.3 is 5.97 Å². The highest BCUT2D eigenvalue weighted by Crippen LogP contribution is 2.32. The third-order valence-electron chi connectivity index (χ3n) is 7.50. The third kappa shape index (κ3) is 6.25. The highest BCUT2D eigenvalue weighted by atomic mass is 32.2. The van der Waals surface area contributed by atoms with Crippen LogP contribution in [0.2, 0.25) is 0 Å². The topological polar surface area (TPSA) is 127 Å². The van der Waals surface area contributed by atoms with Crippen LogP contribution in [-0.2, 0) is 26.1 Å². The fraction of sp³-hybridized carbons (Fsp3) is 0.310. The fourth-order valence-corrected chi connectivity index (χ4v) is 6.23. The highest BCUT2D eigenvalue weighted by Gasteiger charge is 2.40. The van der Waals surface area contributed by atoms with Crippen LogP contribution in [0.4, 0.5) is 27.6 Å². The second kappa shape index (κ2) is 12.9. The van der Waals surface area contributed by atoms with E-state index in [-0.39, 0.29) is 22.5 Å². The van der Waals surface area contributed by atoms with E-state index in [1.165, 1.54) is 0 Å². The summed E-state index contributed by atoms with van der Waals surface area (Å²) in [6.45, 7) is 1.96. The molecule has 3 aromatic rings. The van der Waals surface area contributed by atoms with E-state index in [1.54, 1.807) is 12.1 Å². The van der Waals surface area contributed by atoms with Crippen molar-refractivity contribution < 1.29 is 54.9 Å². The Balaban J connectivity index is 1.71. The molecule has 15 heteroatoms. The third-order valence-corrected chi connectivity index (χ3v) is 9.44. The highest BCUT2D eigenvalue weighted by molar-refractivity contribution is 7.89. The minimum absolute atomic E-state index is 0.132.